The van der Waals surface area contributed by atoms with E-state index in [0.29, 0.717) is 11.9 Å². The van der Waals surface area contributed by atoms with E-state index in [1.807, 2.05) is 32.4 Å². The summed E-state index contributed by atoms with van der Waals surface area (Å²) in [5.74, 6) is 0.682. The van der Waals surface area contributed by atoms with Gasteiger partial charge in [0, 0.05) is 32.0 Å². The van der Waals surface area contributed by atoms with Crippen molar-refractivity contribution >= 4 is 0 Å². The highest BCUT2D eigenvalue weighted by atomic mass is 15.3. The van der Waals surface area contributed by atoms with Crippen molar-refractivity contribution in [3.05, 3.63) is 29.7 Å². The molecule has 18 heavy (non-hydrogen) atoms. The summed E-state index contributed by atoms with van der Waals surface area (Å²) in [6, 6.07) is 2.36. The molecule has 0 radical (unpaired) electrons. The average Bonchev–Trinajstić information content (AvgIpc) is 2.74. The Kier molecular flexibility index (Phi) is 3.72. The summed E-state index contributed by atoms with van der Waals surface area (Å²) in [5.41, 5.74) is 2.94. The van der Waals surface area contributed by atoms with Crippen molar-refractivity contribution in [2.75, 3.05) is 0 Å². The van der Waals surface area contributed by atoms with E-state index >= 15 is 0 Å². The number of rotatable bonds is 4. The molecule has 0 aromatic carbocycles. The van der Waals surface area contributed by atoms with E-state index in [4.69, 9.17) is 0 Å². The summed E-state index contributed by atoms with van der Waals surface area (Å²) in [7, 11) is 1.89. The number of nitrogens with zero attached hydrogens (tertiary/aromatic N) is 4. The van der Waals surface area contributed by atoms with Crippen LogP contribution in [0.15, 0.2) is 18.5 Å². The zero-order valence-electron chi connectivity index (χ0n) is 11.3. The molecule has 5 heteroatoms. The van der Waals surface area contributed by atoms with E-state index in [1.165, 1.54) is 0 Å². The quantitative estimate of drug-likeness (QED) is 0.890. The summed E-state index contributed by atoms with van der Waals surface area (Å²) in [4.78, 5) is 8.91. The van der Waals surface area contributed by atoms with Gasteiger partial charge in [0.1, 0.15) is 5.69 Å². The van der Waals surface area contributed by atoms with Crippen LogP contribution in [0.1, 0.15) is 25.1 Å². The van der Waals surface area contributed by atoms with Crippen molar-refractivity contribution in [1.82, 2.24) is 25.1 Å². The smallest absolute Gasteiger partial charge is 0.180 e. The molecule has 2 heterocycles. The Hall–Kier alpha value is -1.75. The average molecular weight is 245 g/mol. The van der Waals surface area contributed by atoms with Crippen LogP contribution in [0.3, 0.4) is 0 Å². The van der Waals surface area contributed by atoms with E-state index in [1.54, 1.807) is 4.68 Å². The molecule has 0 aliphatic carbocycles. The molecular weight excluding hydrogens is 226 g/mol. The van der Waals surface area contributed by atoms with Gasteiger partial charge in [0.25, 0.3) is 0 Å². The SMILES string of the molecule is Cc1cnc(-c2ccn(C)n2)nc1CNC(C)C. The van der Waals surface area contributed by atoms with Crippen LogP contribution in [0.2, 0.25) is 0 Å². The van der Waals surface area contributed by atoms with Gasteiger partial charge in [0.05, 0.1) is 5.69 Å². The first-order valence-corrected chi connectivity index (χ1v) is 6.12. The molecule has 0 bridgehead atoms. The summed E-state index contributed by atoms with van der Waals surface area (Å²) < 4.78 is 1.75. The molecule has 0 spiro atoms. The van der Waals surface area contributed by atoms with Crippen LogP contribution < -0.4 is 5.32 Å². The zero-order chi connectivity index (χ0) is 13.1. The van der Waals surface area contributed by atoms with Gasteiger partial charge in [0.2, 0.25) is 0 Å². The lowest BCUT2D eigenvalue weighted by Gasteiger charge is -2.10. The second-order valence-electron chi connectivity index (χ2n) is 4.73. The van der Waals surface area contributed by atoms with Crippen molar-refractivity contribution in [1.29, 1.82) is 0 Å². The number of aryl methyl sites for hydroxylation is 2. The van der Waals surface area contributed by atoms with Crippen LogP contribution in [-0.4, -0.2) is 25.8 Å². The van der Waals surface area contributed by atoms with Gasteiger partial charge in [-0.25, -0.2) is 9.97 Å². The minimum absolute atomic E-state index is 0.442. The minimum Gasteiger partial charge on any atom is -0.309 e. The predicted molar refractivity (Wildman–Crippen MR) is 70.9 cm³/mol. The van der Waals surface area contributed by atoms with Crippen LogP contribution in [0.5, 0.6) is 0 Å². The first-order valence-electron chi connectivity index (χ1n) is 6.12. The van der Waals surface area contributed by atoms with Crippen molar-refractivity contribution in [3.8, 4) is 11.5 Å². The lowest BCUT2D eigenvalue weighted by atomic mass is 10.2. The van der Waals surface area contributed by atoms with E-state index in [0.717, 1.165) is 23.5 Å². The summed E-state index contributed by atoms with van der Waals surface area (Å²) >= 11 is 0. The van der Waals surface area contributed by atoms with E-state index in [-0.39, 0.29) is 0 Å². The molecule has 96 valence electrons. The summed E-state index contributed by atoms with van der Waals surface area (Å²) in [6.45, 7) is 7.03. The Morgan fingerprint density at radius 1 is 1.39 bits per heavy atom. The fourth-order valence-electron chi connectivity index (χ4n) is 1.61. The summed E-state index contributed by atoms with van der Waals surface area (Å²) in [6.07, 6.45) is 3.75. The number of nitrogens with one attached hydrogen (secondary N) is 1. The largest absolute Gasteiger partial charge is 0.309 e. The number of aromatic nitrogens is 4. The van der Waals surface area contributed by atoms with Crippen molar-refractivity contribution in [2.45, 2.75) is 33.4 Å². The van der Waals surface area contributed by atoms with Gasteiger partial charge in [0.15, 0.2) is 5.82 Å². The maximum Gasteiger partial charge on any atom is 0.180 e. The van der Waals surface area contributed by atoms with Crippen molar-refractivity contribution < 1.29 is 0 Å². The highest BCUT2D eigenvalue weighted by Crippen LogP contribution is 2.13. The molecule has 5 nitrogen and oxygen atoms in total. The molecule has 0 saturated heterocycles. The van der Waals surface area contributed by atoms with Crippen LogP contribution in [0.25, 0.3) is 11.5 Å². The molecular formula is C13H19N5. The maximum absolute atomic E-state index is 4.58. The lowest BCUT2D eigenvalue weighted by Crippen LogP contribution is -2.23. The zero-order valence-corrected chi connectivity index (χ0v) is 11.3. The lowest BCUT2D eigenvalue weighted by molar-refractivity contribution is 0.579. The first-order chi connectivity index (χ1) is 8.56. The molecule has 2 aromatic heterocycles. The molecule has 2 rings (SSSR count). The fraction of sp³-hybridized carbons (Fsp3) is 0.462. The molecule has 0 amide bonds. The molecule has 0 saturated carbocycles. The topological polar surface area (TPSA) is 55.6 Å². The molecule has 0 aliphatic rings. The van der Waals surface area contributed by atoms with Gasteiger partial charge in [-0.15, -0.1) is 0 Å². The van der Waals surface area contributed by atoms with Gasteiger partial charge < -0.3 is 5.32 Å². The van der Waals surface area contributed by atoms with E-state index in [9.17, 15) is 0 Å². The summed E-state index contributed by atoms with van der Waals surface area (Å²) in [5, 5.41) is 7.69. The normalized spacial score (nSPS) is 11.2. The Bertz CT molecular complexity index is 530. The predicted octanol–water partition coefficient (Wildman–Crippen LogP) is 1.68. The first kappa shape index (κ1) is 12.7. The molecule has 0 unspecified atom stereocenters. The van der Waals surface area contributed by atoms with Crippen LogP contribution >= 0.6 is 0 Å². The van der Waals surface area contributed by atoms with Gasteiger partial charge >= 0.3 is 0 Å². The molecule has 1 N–H and O–H groups in total. The third kappa shape index (κ3) is 2.92. The highest BCUT2D eigenvalue weighted by Gasteiger charge is 2.08. The number of hydrogen-bond acceptors (Lipinski definition) is 4. The molecule has 0 atom stereocenters. The van der Waals surface area contributed by atoms with Gasteiger partial charge in [-0.2, -0.15) is 5.10 Å². The minimum atomic E-state index is 0.442. The Morgan fingerprint density at radius 3 is 2.78 bits per heavy atom. The Balaban J connectivity index is 2.25. The molecule has 0 aliphatic heterocycles. The third-order valence-corrected chi connectivity index (χ3v) is 2.70. The number of hydrogen-bond donors (Lipinski definition) is 1. The van der Waals surface area contributed by atoms with Gasteiger partial charge in [-0.1, -0.05) is 13.8 Å². The molecule has 0 fully saturated rings. The monoisotopic (exact) mass is 245 g/mol. The Labute approximate surface area is 107 Å². The third-order valence-electron chi connectivity index (χ3n) is 2.70. The van der Waals surface area contributed by atoms with E-state index < -0.39 is 0 Å². The van der Waals surface area contributed by atoms with E-state index in [2.05, 4.69) is 34.2 Å². The fourth-order valence-corrected chi connectivity index (χ4v) is 1.61. The standard InChI is InChI=1S/C13H19N5/c1-9(2)14-8-12-10(3)7-15-13(16-12)11-5-6-18(4)17-11/h5-7,9,14H,8H2,1-4H3. The van der Waals surface area contributed by atoms with Crippen LogP contribution in [-0.2, 0) is 13.6 Å². The van der Waals surface area contributed by atoms with Gasteiger partial charge in [-0.3, -0.25) is 4.68 Å². The second kappa shape index (κ2) is 5.27. The van der Waals surface area contributed by atoms with Crippen LogP contribution in [0, 0.1) is 6.92 Å². The highest BCUT2D eigenvalue weighted by molar-refractivity contribution is 5.48. The molecule has 2 aromatic rings. The van der Waals surface area contributed by atoms with Crippen LogP contribution in [0.4, 0.5) is 0 Å². The van der Waals surface area contributed by atoms with Crippen molar-refractivity contribution in [3.63, 3.8) is 0 Å². The second-order valence-corrected chi connectivity index (χ2v) is 4.73. The van der Waals surface area contributed by atoms with Crippen molar-refractivity contribution in [2.24, 2.45) is 7.05 Å². The van der Waals surface area contributed by atoms with Gasteiger partial charge in [-0.05, 0) is 18.6 Å². The Morgan fingerprint density at radius 2 is 2.17 bits per heavy atom. The maximum atomic E-state index is 4.58.